The van der Waals surface area contributed by atoms with Crippen LogP contribution < -0.4 is 5.32 Å². The molecule has 4 heteroatoms. The summed E-state index contributed by atoms with van der Waals surface area (Å²) in [6.45, 7) is 2.12. The van der Waals surface area contributed by atoms with Gasteiger partial charge in [-0.25, -0.2) is 0 Å². The van der Waals surface area contributed by atoms with Crippen LogP contribution in [-0.4, -0.2) is 32.5 Å². The maximum Gasteiger partial charge on any atom is 0.251 e. The lowest BCUT2D eigenvalue weighted by Crippen LogP contribution is -2.45. The van der Waals surface area contributed by atoms with E-state index in [0.717, 1.165) is 19.3 Å². The molecule has 0 spiro atoms. The Morgan fingerprint density at radius 1 is 1.21 bits per heavy atom. The van der Waals surface area contributed by atoms with Crippen molar-refractivity contribution < 1.29 is 14.3 Å². The van der Waals surface area contributed by atoms with Gasteiger partial charge in [0.05, 0.1) is 6.04 Å². The topological polar surface area (TPSA) is 47.6 Å². The fraction of sp³-hybridized carbons (Fsp3) is 0.533. The molecule has 0 bridgehead atoms. The van der Waals surface area contributed by atoms with Crippen molar-refractivity contribution in [2.45, 2.75) is 38.5 Å². The maximum absolute atomic E-state index is 12.1. The molecular formula is C15H23NO3. The molecular weight excluding hydrogens is 242 g/mol. The number of benzene rings is 1. The zero-order valence-corrected chi connectivity index (χ0v) is 11.9. The lowest BCUT2D eigenvalue weighted by molar-refractivity contribution is -0.122. The van der Waals surface area contributed by atoms with Crippen molar-refractivity contribution >= 4 is 5.91 Å². The van der Waals surface area contributed by atoms with Gasteiger partial charge in [0.25, 0.3) is 5.91 Å². The number of carbonyl (C=O) groups is 1. The van der Waals surface area contributed by atoms with Crippen molar-refractivity contribution in [3.8, 4) is 0 Å². The summed E-state index contributed by atoms with van der Waals surface area (Å²) in [5, 5.41) is 2.98. The summed E-state index contributed by atoms with van der Waals surface area (Å²) in [5.41, 5.74) is 0.648. The molecule has 1 N–H and O–H groups in total. The van der Waals surface area contributed by atoms with Crippen LogP contribution in [0.4, 0.5) is 0 Å². The molecule has 0 aromatic heterocycles. The Labute approximate surface area is 115 Å². The highest BCUT2D eigenvalue weighted by Crippen LogP contribution is 2.10. The molecule has 0 saturated heterocycles. The highest BCUT2D eigenvalue weighted by atomic mass is 16.7. The fourth-order valence-corrected chi connectivity index (χ4v) is 1.97. The number of rotatable bonds is 8. The van der Waals surface area contributed by atoms with Crippen LogP contribution in [0.25, 0.3) is 0 Å². The molecule has 0 fully saturated rings. The Bertz CT molecular complexity index is 363. The zero-order chi connectivity index (χ0) is 14.1. The van der Waals surface area contributed by atoms with Crippen LogP contribution in [-0.2, 0) is 9.47 Å². The molecule has 1 atom stereocenters. The molecule has 0 heterocycles. The van der Waals surface area contributed by atoms with E-state index < -0.39 is 6.29 Å². The number of carbonyl (C=O) groups excluding carboxylic acids is 1. The Morgan fingerprint density at radius 3 is 2.37 bits per heavy atom. The third-order valence-corrected chi connectivity index (χ3v) is 3.01. The van der Waals surface area contributed by atoms with Gasteiger partial charge in [-0.1, -0.05) is 38.0 Å². The van der Waals surface area contributed by atoms with E-state index in [1.54, 1.807) is 26.4 Å². The van der Waals surface area contributed by atoms with E-state index in [0.29, 0.717) is 5.56 Å². The molecule has 0 saturated carbocycles. The summed E-state index contributed by atoms with van der Waals surface area (Å²) >= 11 is 0. The number of ether oxygens (including phenoxy) is 2. The van der Waals surface area contributed by atoms with Crippen molar-refractivity contribution in [1.29, 1.82) is 0 Å². The van der Waals surface area contributed by atoms with E-state index in [2.05, 4.69) is 12.2 Å². The van der Waals surface area contributed by atoms with Gasteiger partial charge in [0.1, 0.15) is 0 Å². The van der Waals surface area contributed by atoms with E-state index in [1.807, 2.05) is 18.2 Å². The monoisotopic (exact) mass is 265 g/mol. The van der Waals surface area contributed by atoms with Crippen molar-refractivity contribution in [2.24, 2.45) is 0 Å². The Balaban J connectivity index is 2.68. The first-order valence-electron chi connectivity index (χ1n) is 6.64. The maximum atomic E-state index is 12.1. The quantitative estimate of drug-likeness (QED) is 0.735. The summed E-state index contributed by atoms with van der Waals surface area (Å²) in [7, 11) is 3.17. The predicted octanol–water partition coefficient (Wildman–Crippen LogP) is 2.59. The third kappa shape index (κ3) is 5.01. The van der Waals surface area contributed by atoms with Crippen LogP contribution in [0.3, 0.4) is 0 Å². The second kappa shape index (κ2) is 8.67. The Morgan fingerprint density at radius 2 is 1.84 bits per heavy atom. The van der Waals surface area contributed by atoms with Gasteiger partial charge < -0.3 is 14.8 Å². The number of nitrogens with one attached hydrogen (secondary N) is 1. The van der Waals surface area contributed by atoms with Crippen molar-refractivity contribution in [2.75, 3.05) is 14.2 Å². The first kappa shape index (κ1) is 15.7. The van der Waals surface area contributed by atoms with Gasteiger partial charge >= 0.3 is 0 Å². The van der Waals surface area contributed by atoms with Gasteiger partial charge in [0, 0.05) is 19.8 Å². The van der Waals surface area contributed by atoms with Gasteiger partial charge in [0.2, 0.25) is 0 Å². The molecule has 0 unspecified atom stereocenters. The molecule has 0 aliphatic carbocycles. The van der Waals surface area contributed by atoms with Crippen molar-refractivity contribution in [3.63, 3.8) is 0 Å². The normalized spacial score (nSPS) is 12.4. The Kier molecular flexibility index (Phi) is 7.15. The third-order valence-electron chi connectivity index (χ3n) is 3.01. The first-order valence-corrected chi connectivity index (χ1v) is 6.64. The molecule has 19 heavy (non-hydrogen) atoms. The van der Waals surface area contributed by atoms with E-state index >= 15 is 0 Å². The molecule has 0 aliphatic rings. The minimum absolute atomic E-state index is 0.0965. The van der Waals surface area contributed by atoms with Gasteiger partial charge in [-0.15, -0.1) is 0 Å². The fourth-order valence-electron chi connectivity index (χ4n) is 1.97. The van der Waals surface area contributed by atoms with Crippen molar-refractivity contribution in [1.82, 2.24) is 5.32 Å². The summed E-state index contributed by atoms with van der Waals surface area (Å²) in [5.74, 6) is -0.0965. The van der Waals surface area contributed by atoms with Crippen LogP contribution in [0.1, 0.15) is 36.5 Å². The molecule has 1 aromatic rings. The average molecular weight is 265 g/mol. The predicted molar refractivity (Wildman–Crippen MR) is 75.0 cm³/mol. The first-order chi connectivity index (χ1) is 9.22. The molecule has 4 nitrogen and oxygen atoms in total. The number of unbranched alkanes of at least 4 members (excludes halogenated alkanes) is 1. The summed E-state index contributed by atoms with van der Waals surface area (Å²) in [6, 6.07) is 9.03. The van der Waals surface area contributed by atoms with E-state index in [1.165, 1.54) is 0 Å². The van der Waals surface area contributed by atoms with Crippen LogP contribution in [0.5, 0.6) is 0 Å². The van der Waals surface area contributed by atoms with Gasteiger partial charge in [-0.3, -0.25) is 4.79 Å². The van der Waals surface area contributed by atoms with E-state index in [4.69, 9.17) is 9.47 Å². The zero-order valence-electron chi connectivity index (χ0n) is 11.9. The number of hydrogen-bond acceptors (Lipinski definition) is 3. The van der Waals surface area contributed by atoms with Crippen molar-refractivity contribution in [3.05, 3.63) is 35.9 Å². The second-order valence-electron chi connectivity index (χ2n) is 4.43. The standard InChI is InChI=1S/C15H23NO3/c1-4-5-11-13(15(18-2)19-3)16-14(17)12-9-7-6-8-10-12/h6-10,13,15H,4-5,11H2,1-3H3,(H,16,17)/t13-/m0/s1. The van der Waals surface area contributed by atoms with Gasteiger partial charge in [-0.05, 0) is 18.6 Å². The minimum atomic E-state index is -0.417. The number of hydrogen-bond donors (Lipinski definition) is 1. The van der Waals surface area contributed by atoms with Crippen LogP contribution in [0.2, 0.25) is 0 Å². The average Bonchev–Trinajstić information content (AvgIpc) is 2.46. The smallest absolute Gasteiger partial charge is 0.251 e. The van der Waals surface area contributed by atoms with Gasteiger partial charge in [0.15, 0.2) is 6.29 Å². The van der Waals surface area contributed by atoms with Crippen LogP contribution >= 0.6 is 0 Å². The molecule has 0 radical (unpaired) electrons. The number of amides is 1. The molecule has 1 rings (SSSR count). The number of methoxy groups -OCH3 is 2. The second-order valence-corrected chi connectivity index (χ2v) is 4.43. The summed E-state index contributed by atoms with van der Waals surface area (Å²) in [6.07, 6.45) is 2.50. The Hall–Kier alpha value is -1.39. The minimum Gasteiger partial charge on any atom is -0.354 e. The molecule has 106 valence electrons. The largest absolute Gasteiger partial charge is 0.354 e. The summed E-state index contributed by atoms with van der Waals surface area (Å²) < 4.78 is 10.5. The van der Waals surface area contributed by atoms with E-state index in [-0.39, 0.29) is 11.9 Å². The van der Waals surface area contributed by atoms with Gasteiger partial charge in [-0.2, -0.15) is 0 Å². The lowest BCUT2D eigenvalue weighted by Gasteiger charge is -2.25. The summed E-state index contributed by atoms with van der Waals surface area (Å²) in [4.78, 5) is 12.1. The highest BCUT2D eigenvalue weighted by Gasteiger charge is 2.22. The lowest BCUT2D eigenvalue weighted by atomic mass is 10.1. The van der Waals surface area contributed by atoms with Crippen LogP contribution in [0, 0.1) is 0 Å². The van der Waals surface area contributed by atoms with E-state index in [9.17, 15) is 4.79 Å². The molecule has 1 aromatic carbocycles. The SMILES string of the molecule is CCCC[C@H](NC(=O)c1ccccc1)C(OC)OC. The van der Waals surface area contributed by atoms with Crippen LogP contribution in [0.15, 0.2) is 30.3 Å². The highest BCUT2D eigenvalue weighted by molar-refractivity contribution is 5.94. The molecule has 1 amide bonds. The molecule has 0 aliphatic heterocycles.